The minimum atomic E-state index is -0.322. The molecule has 1 unspecified atom stereocenters. The lowest BCUT2D eigenvalue weighted by atomic mass is 9.93. The Morgan fingerprint density at radius 3 is 2.76 bits per heavy atom. The van der Waals surface area contributed by atoms with Gasteiger partial charge in [-0.15, -0.1) is 0 Å². The number of hydrogen-bond acceptors (Lipinski definition) is 2. The average Bonchev–Trinajstić information content (AvgIpc) is 2.27. The highest BCUT2D eigenvalue weighted by Crippen LogP contribution is 2.22. The van der Waals surface area contributed by atoms with Crippen molar-refractivity contribution in [2.45, 2.75) is 33.2 Å². The molecule has 1 aromatic carbocycles. The summed E-state index contributed by atoms with van der Waals surface area (Å²) in [7, 11) is 0. The third-order valence-corrected chi connectivity index (χ3v) is 3.04. The van der Waals surface area contributed by atoms with Gasteiger partial charge in [-0.2, -0.15) is 0 Å². The molecule has 1 aliphatic rings. The fourth-order valence-electron chi connectivity index (χ4n) is 1.95. The summed E-state index contributed by atoms with van der Waals surface area (Å²) in [5.41, 5.74) is 2.14. The molecule has 1 aliphatic heterocycles. The van der Waals surface area contributed by atoms with Crippen LogP contribution in [0.25, 0.3) is 0 Å². The summed E-state index contributed by atoms with van der Waals surface area (Å²) in [6.07, 6.45) is 0.908. The Kier molecular flexibility index (Phi) is 3.09. The van der Waals surface area contributed by atoms with Crippen LogP contribution in [0.1, 0.15) is 26.3 Å². The third kappa shape index (κ3) is 2.78. The van der Waals surface area contributed by atoms with Crippen LogP contribution in [0.15, 0.2) is 24.3 Å². The molecule has 0 saturated carbocycles. The highest BCUT2D eigenvalue weighted by atomic mass is 16.2. The lowest BCUT2D eigenvalue weighted by molar-refractivity contribution is -0.129. The summed E-state index contributed by atoms with van der Waals surface area (Å²) in [5, 5.41) is 6.45. The number of rotatable bonds is 1. The Bertz CT molecular complexity index is 420. The standard InChI is InChI=1S/C14H20N2O/c1-14(2,3)13(17)16-11-8-10-6-4-5-7-12(10)15-9-11/h4-7,11,15H,8-9H2,1-3H3,(H,16,17). The number of nitrogens with one attached hydrogen (secondary N) is 2. The molecule has 1 atom stereocenters. The maximum Gasteiger partial charge on any atom is 0.225 e. The van der Waals surface area contributed by atoms with Gasteiger partial charge >= 0.3 is 0 Å². The van der Waals surface area contributed by atoms with E-state index in [9.17, 15) is 4.79 Å². The van der Waals surface area contributed by atoms with Gasteiger partial charge < -0.3 is 10.6 Å². The summed E-state index contributed by atoms with van der Waals surface area (Å²) < 4.78 is 0. The molecule has 3 nitrogen and oxygen atoms in total. The third-order valence-electron chi connectivity index (χ3n) is 3.04. The molecule has 2 N–H and O–H groups in total. The van der Waals surface area contributed by atoms with Gasteiger partial charge in [0.2, 0.25) is 5.91 Å². The number of benzene rings is 1. The molecule has 0 bridgehead atoms. The molecule has 0 aromatic heterocycles. The van der Waals surface area contributed by atoms with Crippen molar-refractivity contribution in [1.82, 2.24) is 5.32 Å². The predicted octanol–water partition coefficient (Wildman–Crippen LogP) is 2.19. The van der Waals surface area contributed by atoms with Crippen molar-refractivity contribution >= 4 is 11.6 Å². The number of anilines is 1. The van der Waals surface area contributed by atoms with Crippen LogP contribution in [0.4, 0.5) is 5.69 Å². The Labute approximate surface area is 103 Å². The number of carbonyl (C=O) groups is 1. The second-order valence-corrected chi connectivity index (χ2v) is 5.66. The Morgan fingerprint density at radius 1 is 1.35 bits per heavy atom. The van der Waals surface area contributed by atoms with Crippen molar-refractivity contribution in [2.24, 2.45) is 5.41 Å². The van der Waals surface area contributed by atoms with Crippen LogP contribution in [0.3, 0.4) is 0 Å². The van der Waals surface area contributed by atoms with Gasteiger partial charge in [0.15, 0.2) is 0 Å². The van der Waals surface area contributed by atoms with E-state index in [1.165, 1.54) is 11.3 Å². The lowest BCUT2D eigenvalue weighted by Gasteiger charge is -2.29. The first-order valence-electron chi connectivity index (χ1n) is 6.09. The van der Waals surface area contributed by atoms with Crippen LogP contribution >= 0.6 is 0 Å². The number of hydrogen-bond donors (Lipinski definition) is 2. The van der Waals surface area contributed by atoms with E-state index in [4.69, 9.17) is 0 Å². The molecule has 2 rings (SSSR count). The van der Waals surface area contributed by atoms with Crippen molar-refractivity contribution in [3.8, 4) is 0 Å². The van der Waals surface area contributed by atoms with E-state index in [0.29, 0.717) is 0 Å². The van der Waals surface area contributed by atoms with Gasteiger partial charge in [-0.1, -0.05) is 39.0 Å². The summed E-state index contributed by atoms with van der Waals surface area (Å²) in [5.74, 6) is 0.115. The Balaban J connectivity index is 2.01. The number of fused-ring (bicyclic) bond motifs is 1. The lowest BCUT2D eigenvalue weighted by Crippen LogP contribution is -2.47. The zero-order valence-electron chi connectivity index (χ0n) is 10.7. The van der Waals surface area contributed by atoms with Crippen LogP contribution in [0.2, 0.25) is 0 Å². The smallest absolute Gasteiger partial charge is 0.225 e. The fourth-order valence-corrected chi connectivity index (χ4v) is 1.95. The van der Waals surface area contributed by atoms with E-state index in [1.54, 1.807) is 0 Å². The molecule has 1 heterocycles. The van der Waals surface area contributed by atoms with Crippen molar-refractivity contribution < 1.29 is 4.79 Å². The molecule has 17 heavy (non-hydrogen) atoms. The molecule has 0 radical (unpaired) electrons. The quantitative estimate of drug-likeness (QED) is 0.779. The van der Waals surface area contributed by atoms with Gasteiger partial charge in [0.05, 0.1) is 6.04 Å². The van der Waals surface area contributed by atoms with Crippen molar-refractivity contribution in [2.75, 3.05) is 11.9 Å². The predicted molar refractivity (Wildman–Crippen MR) is 70.0 cm³/mol. The number of carbonyl (C=O) groups excluding carboxylic acids is 1. The molecule has 1 amide bonds. The SMILES string of the molecule is CC(C)(C)C(=O)NC1CNc2ccccc2C1. The van der Waals surface area contributed by atoms with E-state index in [2.05, 4.69) is 22.8 Å². The topological polar surface area (TPSA) is 41.1 Å². The maximum absolute atomic E-state index is 11.9. The van der Waals surface area contributed by atoms with Gasteiger partial charge in [-0.25, -0.2) is 0 Å². The van der Waals surface area contributed by atoms with Crippen LogP contribution in [0, 0.1) is 5.41 Å². The van der Waals surface area contributed by atoms with E-state index in [0.717, 1.165) is 13.0 Å². The number of amides is 1. The van der Waals surface area contributed by atoms with Gasteiger partial charge in [0.1, 0.15) is 0 Å². The van der Waals surface area contributed by atoms with E-state index in [1.807, 2.05) is 32.9 Å². The summed E-state index contributed by atoms with van der Waals surface area (Å²) in [6, 6.07) is 8.44. The fraction of sp³-hybridized carbons (Fsp3) is 0.500. The maximum atomic E-state index is 11.9. The van der Waals surface area contributed by atoms with Crippen molar-refractivity contribution in [3.63, 3.8) is 0 Å². The minimum absolute atomic E-state index is 0.115. The molecular weight excluding hydrogens is 212 g/mol. The van der Waals surface area contributed by atoms with Gasteiger partial charge in [-0.05, 0) is 18.1 Å². The molecule has 0 fully saturated rings. The largest absolute Gasteiger partial charge is 0.383 e. The molecule has 0 spiro atoms. The first kappa shape index (κ1) is 12.0. The minimum Gasteiger partial charge on any atom is -0.383 e. The zero-order chi connectivity index (χ0) is 12.5. The van der Waals surface area contributed by atoms with Crippen LogP contribution in [-0.4, -0.2) is 18.5 Å². The number of para-hydroxylation sites is 1. The normalized spacial score (nSPS) is 19.1. The second-order valence-electron chi connectivity index (χ2n) is 5.66. The molecule has 1 aromatic rings. The molecule has 0 aliphatic carbocycles. The summed E-state index contributed by atoms with van der Waals surface area (Å²) >= 11 is 0. The summed E-state index contributed by atoms with van der Waals surface area (Å²) in [6.45, 7) is 6.62. The summed E-state index contributed by atoms with van der Waals surface area (Å²) in [4.78, 5) is 11.9. The first-order chi connectivity index (χ1) is 7.97. The zero-order valence-corrected chi connectivity index (χ0v) is 10.7. The molecule has 0 saturated heterocycles. The Morgan fingerprint density at radius 2 is 2.06 bits per heavy atom. The Hall–Kier alpha value is -1.51. The van der Waals surface area contributed by atoms with E-state index >= 15 is 0 Å². The van der Waals surface area contributed by atoms with Gasteiger partial charge in [0.25, 0.3) is 0 Å². The van der Waals surface area contributed by atoms with Crippen LogP contribution in [-0.2, 0) is 11.2 Å². The van der Waals surface area contributed by atoms with E-state index < -0.39 is 0 Å². The second kappa shape index (κ2) is 4.40. The highest BCUT2D eigenvalue weighted by Gasteiger charge is 2.25. The van der Waals surface area contributed by atoms with Crippen LogP contribution in [0.5, 0.6) is 0 Å². The first-order valence-corrected chi connectivity index (χ1v) is 6.09. The molecular formula is C14H20N2O. The van der Waals surface area contributed by atoms with Crippen LogP contribution < -0.4 is 10.6 Å². The van der Waals surface area contributed by atoms with E-state index in [-0.39, 0.29) is 17.4 Å². The van der Waals surface area contributed by atoms with Crippen molar-refractivity contribution in [3.05, 3.63) is 29.8 Å². The molecule has 3 heteroatoms. The van der Waals surface area contributed by atoms with Gasteiger partial charge in [0, 0.05) is 17.6 Å². The van der Waals surface area contributed by atoms with Gasteiger partial charge in [-0.3, -0.25) is 4.79 Å². The monoisotopic (exact) mass is 232 g/mol. The average molecular weight is 232 g/mol. The highest BCUT2D eigenvalue weighted by molar-refractivity contribution is 5.81. The van der Waals surface area contributed by atoms with Crippen molar-refractivity contribution in [1.29, 1.82) is 0 Å². The molecule has 92 valence electrons.